The SMILES string of the molecule is CC(C)(C)c1ccc(-c2c3nc(c(-c4ccc(I)cc4)c4ccc([nH]4)c(-c4ccc(C#C[Si](C)(C)C)cc4)c4nc(c(-c5ccc(C(C)(C)C)cc5)c5ccc2[nH]5)C=C4)C=C3)cc1. The lowest BCUT2D eigenvalue weighted by Crippen LogP contribution is -2.16. The van der Waals surface area contributed by atoms with E-state index in [-0.39, 0.29) is 10.8 Å². The predicted molar refractivity (Wildman–Crippen MR) is 281 cm³/mol. The largest absolute Gasteiger partial charge is 0.354 e. The zero-order valence-electron chi connectivity index (χ0n) is 37.6. The minimum Gasteiger partial charge on any atom is -0.354 e. The molecule has 2 aliphatic heterocycles. The third-order valence-electron chi connectivity index (χ3n) is 11.7. The molecule has 0 radical (unpaired) electrons. The molecule has 63 heavy (non-hydrogen) atoms. The van der Waals surface area contributed by atoms with Crippen LogP contribution in [-0.4, -0.2) is 28.0 Å². The van der Waals surface area contributed by atoms with Crippen LogP contribution in [0.25, 0.3) is 90.9 Å². The molecule has 0 saturated carbocycles. The Kier molecular flexibility index (Phi) is 10.9. The van der Waals surface area contributed by atoms with E-state index < -0.39 is 8.07 Å². The summed E-state index contributed by atoms with van der Waals surface area (Å²) in [5.41, 5.74) is 23.2. The number of H-pyrrole nitrogens is 2. The van der Waals surface area contributed by atoms with Gasteiger partial charge in [0.25, 0.3) is 0 Å². The Bertz CT molecular complexity index is 3190. The summed E-state index contributed by atoms with van der Waals surface area (Å²) >= 11 is 2.38. The molecule has 0 spiro atoms. The zero-order chi connectivity index (χ0) is 44.3. The highest BCUT2D eigenvalue weighted by Crippen LogP contribution is 2.39. The molecule has 6 heteroatoms. The maximum atomic E-state index is 5.53. The molecule has 9 rings (SSSR count). The molecule has 8 bridgehead atoms. The van der Waals surface area contributed by atoms with Crippen molar-refractivity contribution in [1.82, 2.24) is 19.9 Å². The maximum Gasteiger partial charge on any atom is 0.129 e. The van der Waals surface area contributed by atoms with Gasteiger partial charge in [0, 0.05) is 53.5 Å². The van der Waals surface area contributed by atoms with Gasteiger partial charge in [-0.25, -0.2) is 9.97 Å². The second-order valence-corrected chi connectivity index (χ2v) is 25.7. The Morgan fingerprint density at radius 2 is 0.730 bits per heavy atom. The minimum atomic E-state index is -1.54. The fraction of sp³-hybridized carbons (Fsp3) is 0.193. The first-order chi connectivity index (χ1) is 30.0. The van der Waals surface area contributed by atoms with E-state index in [9.17, 15) is 0 Å². The summed E-state index contributed by atoms with van der Waals surface area (Å²) < 4.78 is 1.18. The fourth-order valence-corrected chi connectivity index (χ4v) is 9.17. The number of nitrogens with one attached hydrogen (secondary N) is 2. The molecule has 3 aromatic heterocycles. The van der Waals surface area contributed by atoms with Crippen molar-refractivity contribution < 1.29 is 0 Å². The van der Waals surface area contributed by atoms with Gasteiger partial charge in [0.2, 0.25) is 0 Å². The number of hydrogen-bond donors (Lipinski definition) is 2. The molecule has 0 atom stereocenters. The highest BCUT2D eigenvalue weighted by Gasteiger charge is 2.21. The summed E-state index contributed by atoms with van der Waals surface area (Å²) in [6.07, 6.45) is 8.67. The molecule has 0 unspecified atom stereocenters. The minimum absolute atomic E-state index is 0.0256. The molecule has 312 valence electrons. The molecule has 4 nitrogen and oxygen atoms in total. The van der Waals surface area contributed by atoms with Gasteiger partial charge < -0.3 is 9.97 Å². The number of fused-ring (bicyclic) bond motifs is 8. The van der Waals surface area contributed by atoms with E-state index in [1.54, 1.807) is 0 Å². The standard InChI is InChI=1S/C57H53IN4Si/c1-56(2,3)41-20-14-38(15-21-41)53-46-28-26-44(59-46)52(37-12-10-36(11-13-37)34-35-63(7,8)9)45-27-32-50(60-45)55(40-18-24-43(58)25-19-40)51-33-31-49(62-51)54(48-30-29-47(53)61-48)39-16-22-42(23-17-39)57(4,5)6/h10-33,60-61H,1-9H3. The lowest BCUT2D eigenvalue weighted by Gasteiger charge is -2.19. The number of aromatic amines is 2. The van der Waals surface area contributed by atoms with Crippen LogP contribution in [0.15, 0.2) is 121 Å². The number of aromatic nitrogens is 4. The third kappa shape index (κ3) is 8.82. The van der Waals surface area contributed by atoms with Crippen LogP contribution in [0.3, 0.4) is 0 Å². The first-order valence-corrected chi connectivity index (χ1v) is 26.3. The van der Waals surface area contributed by atoms with Crippen LogP contribution in [0, 0.1) is 15.0 Å². The van der Waals surface area contributed by atoms with Gasteiger partial charge in [-0.2, -0.15) is 0 Å². The first-order valence-electron chi connectivity index (χ1n) is 21.8. The van der Waals surface area contributed by atoms with Crippen molar-refractivity contribution in [3.8, 4) is 56.0 Å². The van der Waals surface area contributed by atoms with Crippen LogP contribution in [0.1, 0.15) is 81.0 Å². The van der Waals surface area contributed by atoms with Crippen molar-refractivity contribution >= 4 is 77.0 Å². The third-order valence-corrected chi connectivity index (χ3v) is 13.3. The highest BCUT2D eigenvalue weighted by molar-refractivity contribution is 14.1. The summed E-state index contributed by atoms with van der Waals surface area (Å²) in [5, 5.41) is 0. The van der Waals surface area contributed by atoms with Crippen LogP contribution >= 0.6 is 22.6 Å². The molecular formula is C57H53IN4Si. The number of halogens is 1. The average molecular weight is 949 g/mol. The second-order valence-electron chi connectivity index (χ2n) is 19.7. The van der Waals surface area contributed by atoms with Gasteiger partial charge in [-0.1, -0.05) is 140 Å². The van der Waals surface area contributed by atoms with E-state index in [1.807, 2.05) is 0 Å². The Balaban J connectivity index is 1.40. The molecule has 4 aromatic carbocycles. The van der Waals surface area contributed by atoms with Crippen molar-refractivity contribution in [3.05, 3.63) is 164 Å². The van der Waals surface area contributed by atoms with Crippen LogP contribution in [-0.2, 0) is 10.8 Å². The Labute approximate surface area is 386 Å². The zero-order valence-corrected chi connectivity index (χ0v) is 40.8. The number of hydrogen-bond acceptors (Lipinski definition) is 2. The molecule has 7 aromatic rings. The van der Waals surface area contributed by atoms with Crippen LogP contribution in [0.5, 0.6) is 0 Å². The molecule has 0 fully saturated rings. The topological polar surface area (TPSA) is 57.4 Å². The fourth-order valence-electron chi connectivity index (χ4n) is 8.29. The van der Waals surface area contributed by atoms with Gasteiger partial charge in [0.05, 0.1) is 22.8 Å². The van der Waals surface area contributed by atoms with E-state index in [2.05, 4.69) is 251 Å². The van der Waals surface area contributed by atoms with Gasteiger partial charge in [-0.05, 0) is 140 Å². The molecule has 0 amide bonds. The summed E-state index contributed by atoms with van der Waals surface area (Å²) in [6, 6.07) is 44.1. The van der Waals surface area contributed by atoms with Crippen molar-refractivity contribution in [2.45, 2.75) is 72.0 Å². The Morgan fingerprint density at radius 3 is 1.03 bits per heavy atom. The van der Waals surface area contributed by atoms with E-state index in [1.165, 1.54) is 14.7 Å². The summed E-state index contributed by atoms with van der Waals surface area (Å²) in [7, 11) is -1.54. The normalized spacial score (nSPS) is 12.7. The van der Waals surface area contributed by atoms with Crippen molar-refractivity contribution in [1.29, 1.82) is 0 Å². The number of nitrogens with zero attached hydrogens (tertiary/aromatic N) is 2. The van der Waals surface area contributed by atoms with Gasteiger partial charge in [0.1, 0.15) is 8.07 Å². The second kappa shape index (κ2) is 16.3. The van der Waals surface area contributed by atoms with Crippen molar-refractivity contribution in [2.75, 3.05) is 0 Å². The molecule has 5 heterocycles. The quantitative estimate of drug-likeness (QED) is 0.105. The van der Waals surface area contributed by atoms with Crippen LogP contribution in [0.4, 0.5) is 0 Å². The van der Waals surface area contributed by atoms with Gasteiger partial charge in [-0.3, -0.25) is 0 Å². The summed E-state index contributed by atoms with van der Waals surface area (Å²) in [4.78, 5) is 18.8. The van der Waals surface area contributed by atoms with E-state index >= 15 is 0 Å². The lowest BCUT2D eigenvalue weighted by molar-refractivity contribution is 0.590. The number of rotatable bonds is 4. The highest BCUT2D eigenvalue weighted by atomic mass is 127. The number of benzene rings is 4. The first kappa shape index (κ1) is 42.3. The average Bonchev–Trinajstić information content (AvgIpc) is 4.09. The molecule has 2 aliphatic rings. The summed E-state index contributed by atoms with van der Waals surface area (Å²) in [6.45, 7) is 20.4. The maximum absolute atomic E-state index is 5.53. The summed E-state index contributed by atoms with van der Waals surface area (Å²) in [5.74, 6) is 3.44. The molecule has 0 aliphatic carbocycles. The van der Waals surface area contributed by atoms with Crippen molar-refractivity contribution in [3.63, 3.8) is 0 Å². The van der Waals surface area contributed by atoms with E-state index in [0.29, 0.717) is 0 Å². The van der Waals surface area contributed by atoms with Crippen LogP contribution in [0.2, 0.25) is 19.6 Å². The smallest absolute Gasteiger partial charge is 0.129 e. The van der Waals surface area contributed by atoms with E-state index in [4.69, 9.17) is 9.97 Å². The molecule has 2 N–H and O–H groups in total. The van der Waals surface area contributed by atoms with E-state index in [0.717, 1.165) is 94.9 Å². The van der Waals surface area contributed by atoms with Crippen LogP contribution < -0.4 is 0 Å². The van der Waals surface area contributed by atoms with Gasteiger partial charge in [-0.15, -0.1) is 5.54 Å². The molecule has 0 saturated heterocycles. The lowest BCUT2D eigenvalue weighted by atomic mass is 9.86. The van der Waals surface area contributed by atoms with Gasteiger partial charge in [0.15, 0.2) is 0 Å². The Morgan fingerprint density at radius 1 is 0.429 bits per heavy atom. The van der Waals surface area contributed by atoms with Gasteiger partial charge >= 0.3 is 0 Å². The van der Waals surface area contributed by atoms with Crippen molar-refractivity contribution in [2.24, 2.45) is 0 Å². The Hall–Kier alpha value is -6.01. The monoisotopic (exact) mass is 948 g/mol. The predicted octanol–water partition coefficient (Wildman–Crippen LogP) is 15.8. The molecular weight excluding hydrogens is 896 g/mol.